The molecular weight excluding hydrogens is 246 g/mol. The molecule has 6 heteroatoms. The van der Waals surface area contributed by atoms with Crippen molar-refractivity contribution in [3.05, 3.63) is 0 Å². The number of amides is 2. The lowest BCUT2D eigenvalue weighted by Gasteiger charge is -2.18. The minimum absolute atomic E-state index is 0.402. The molecule has 0 unspecified atom stereocenters. The Morgan fingerprint density at radius 3 is 2.32 bits per heavy atom. The van der Waals surface area contributed by atoms with Gasteiger partial charge in [0.05, 0.1) is 0 Å². The Balaban J connectivity index is 3.82. The number of carbonyl (C=O) groups is 2. The zero-order valence-electron chi connectivity index (χ0n) is 12.2. The fourth-order valence-corrected chi connectivity index (χ4v) is 1.80. The van der Waals surface area contributed by atoms with Crippen molar-refractivity contribution in [1.82, 2.24) is 15.5 Å². The summed E-state index contributed by atoms with van der Waals surface area (Å²) in [5.41, 5.74) is 0. The maximum Gasteiger partial charge on any atom is 0.326 e. The van der Waals surface area contributed by atoms with E-state index in [1.807, 2.05) is 6.92 Å². The lowest BCUT2D eigenvalue weighted by molar-refractivity contribution is -0.139. The van der Waals surface area contributed by atoms with E-state index in [1.165, 1.54) is 0 Å². The second-order valence-corrected chi connectivity index (χ2v) is 4.46. The Morgan fingerprint density at radius 2 is 1.84 bits per heavy atom. The third-order valence-corrected chi connectivity index (χ3v) is 3.01. The summed E-state index contributed by atoms with van der Waals surface area (Å²) in [6, 6.07) is -1.20. The second-order valence-electron chi connectivity index (χ2n) is 4.46. The molecule has 0 rings (SSSR count). The highest BCUT2D eigenvalue weighted by Gasteiger charge is 2.18. The van der Waals surface area contributed by atoms with Gasteiger partial charge in [0.2, 0.25) is 0 Å². The number of carbonyl (C=O) groups excluding carboxylic acids is 1. The monoisotopic (exact) mass is 273 g/mol. The fraction of sp³-hybridized carbons (Fsp3) is 0.846. The Bertz CT molecular complexity index is 268. The van der Waals surface area contributed by atoms with Crippen LogP contribution in [0.1, 0.15) is 40.0 Å². The van der Waals surface area contributed by atoms with Crippen molar-refractivity contribution < 1.29 is 14.7 Å². The molecule has 0 aliphatic carbocycles. The molecule has 0 bridgehead atoms. The summed E-state index contributed by atoms with van der Waals surface area (Å²) in [4.78, 5) is 24.7. The van der Waals surface area contributed by atoms with Gasteiger partial charge in [-0.3, -0.25) is 0 Å². The summed E-state index contributed by atoms with van der Waals surface area (Å²) in [5.74, 6) is -0.986. The van der Waals surface area contributed by atoms with E-state index in [9.17, 15) is 9.59 Å². The maximum atomic E-state index is 11.5. The molecule has 19 heavy (non-hydrogen) atoms. The van der Waals surface area contributed by atoms with Crippen LogP contribution in [-0.2, 0) is 4.79 Å². The minimum Gasteiger partial charge on any atom is -0.480 e. The second kappa shape index (κ2) is 10.6. The number of nitrogens with one attached hydrogen (secondary N) is 2. The first-order chi connectivity index (χ1) is 9.04. The molecule has 0 aromatic carbocycles. The average Bonchev–Trinajstić information content (AvgIpc) is 2.38. The van der Waals surface area contributed by atoms with Gasteiger partial charge in [-0.1, -0.05) is 27.2 Å². The van der Waals surface area contributed by atoms with Gasteiger partial charge in [-0.15, -0.1) is 0 Å². The number of aliphatic carboxylic acids is 1. The molecule has 0 saturated heterocycles. The van der Waals surface area contributed by atoms with Crippen LogP contribution in [0.5, 0.6) is 0 Å². The van der Waals surface area contributed by atoms with Gasteiger partial charge < -0.3 is 20.6 Å². The number of carboxylic acids is 1. The molecule has 0 aromatic heterocycles. The molecule has 0 aromatic rings. The number of hydrogen-bond acceptors (Lipinski definition) is 3. The zero-order chi connectivity index (χ0) is 14.7. The van der Waals surface area contributed by atoms with Crippen LogP contribution in [0.15, 0.2) is 0 Å². The summed E-state index contributed by atoms with van der Waals surface area (Å²) in [7, 11) is 0. The van der Waals surface area contributed by atoms with Crippen LogP contribution in [0.2, 0.25) is 0 Å². The first kappa shape index (κ1) is 17.7. The molecule has 0 heterocycles. The molecule has 0 saturated carbocycles. The highest BCUT2D eigenvalue weighted by atomic mass is 16.4. The largest absolute Gasteiger partial charge is 0.480 e. The number of urea groups is 1. The number of carboxylic acid groups (broad SMARTS) is 1. The van der Waals surface area contributed by atoms with E-state index in [2.05, 4.69) is 29.4 Å². The van der Waals surface area contributed by atoms with Crippen molar-refractivity contribution >= 4 is 12.0 Å². The van der Waals surface area contributed by atoms with Crippen LogP contribution in [0.4, 0.5) is 4.79 Å². The van der Waals surface area contributed by atoms with Crippen LogP contribution < -0.4 is 10.6 Å². The molecule has 0 fully saturated rings. The standard InChI is InChI=1S/C13H27N3O3/c1-4-8-11(12(17)18)15-13(19)14-9-7-10-16(5-2)6-3/h11H,4-10H2,1-3H3,(H,17,18)(H2,14,15,19)/t11-/m0/s1. The van der Waals surface area contributed by atoms with Gasteiger partial charge in [0.25, 0.3) is 0 Å². The van der Waals surface area contributed by atoms with Gasteiger partial charge in [-0.2, -0.15) is 0 Å². The lowest BCUT2D eigenvalue weighted by Crippen LogP contribution is -2.46. The van der Waals surface area contributed by atoms with Gasteiger partial charge in [-0.05, 0) is 32.5 Å². The van der Waals surface area contributed by atoms with Gasteiger partial charge in [0.1, 0.15) is 6.04 Å². The molecule has 2 amide bonds. The molecular formula is C13H27N3O3. The van der Waals surface area contributed by atoms with E-state index in [0.717, 1.165) is 32.5 Å². The molecule has 6 nitrogen and oxygen atoms in total. The Morgan fingerprint density at radius 1 is 1.21 bits per heavy atom. The number of hydrogen-bond donors (Lipinski definition) is 3. The summed E-state index contributed by atoms with van der Waals surface area (Å²) < 4.78 is 0. The summed E-state index contributed by atoms with van der Waals surface area (Å²) in [6.45, 7) is 9.59. The van der Waals surface area contributed by atoms with Crippen molar-refractivity contribution in [2.75, 3.05) is 26.2 Å². The first-order valence-corrected chi connectivity index (χ1v) is 7.04. The number of nitrogens with zero attached hydrogens (tertiary/aromatic N) is 1. The fourth-order valence-electron chi connectivity index (χ4n) is 1.80. The normalized spacial score (nSPS) is 12.2. The summed E-state index contributed by atoms with van der Waals surface area (Å²) in [6.07, 6.45) is 2.03. The molecule has 0 radical (unpaired) electrons. The first-order valence-electron chi connectivity index (χ1n) is 7.04. The van der Waals surface area contributed by atoms with Gasteiger partial charge in [0.15, 0.2) is 0 Å². The Kier molecular flexibility index (Phi) is 9.88. The average molecular weight is 273 g/mol. The van der Waals surface area contributed by atoms with Crippen LogP contribution in [0, 0.1) is 0 Å². The summed E-state index contributed by atoms with van der Waals surface area (Å²) in [5, 5.41) is 14.1. The van der Waals surface area contributed by atoms with Crippen LogP contribution in [0.3, 0.4) is 0 Å². The third kappa shape index (κ3) is 8.42. The predicted octanol–water partition coefficient (Wildman–Crippen LogP) is 1.27. The molecule has 1 atom stereocenters. The van der Waals surface area contributed by atoms with Gasteiger partial charge >= 0.3 is 12.0 Å². The maximum absolute atomic E-state index is 11.5. The molecule has 0 aliphatic rings. The van der Waals surface area contributed by atoms with Crippen molar-refractivity contribution in [2.24, 2.45) is 0 Å². The SMILES string of the molecule is CCC[C@H](NC(=O)NCCCN(CC)CC)C(=O)O. The Labute approximate surface area is 115 Å². The molecule has 112 valence electrons. The van der Waals surface area contributed by atoms with Gasteiger partial charge in [0, 0.05) is 6.54 Å². The molecule has 0 spiro atoms. The van der Waals surface area contributed by atoms with E-state index in [0.29, 0.717) is 13.0 Å². The summed E-state index contributed by atoms with van der Waals surface area (Å²) >= 11 is 0. The minimum atomic E-state index is -0.986. The van der Waals surface area contributed by atoms with Crippen molar-refractivity contribution in [1.29, 1.82) is 0 Å². The molecule has 0 aliphatic heterocycles. The van der Waals surface area contributed by atoms with Crippen molar-refractivity contribution in [3.8, 4) is 0 Å². The van der Waals surface area contributed by atoms with E-state index in [1.54, 1.807) is 0 Å². The zero-order valence-corrected chi connectivity index (χ0v) is 12.2. The van der Waals surface area contributed by atoms with E-state index < -0.39 is 18.0 Å². The van der Waals surface area contributed by atoms with Crippen molar-refractivity contribution in [2.45, 2.75) is 46.1 Å². The molecule has 3 N–H and O–H groups in total. The third-order valence-electron chi connectivity index (χ3n) is 3.01. The van der Waals surface area contributed by atoms with Gasteiger partial charge in [-0.25, -0.2) is 9.59 Å². The quantitative estimate of drug-likeness (QED) is 0.524. The van der Waals surface area contributed by atoms with E-state index >= 15 is 0 Å². The van der Waals surface area contributed by atoms with Crippen molar-refractivity contribution in [3.63, 3.8) is 0 Å². The highest BCUT2D eigenvalue weighted by Crippen LogP contribution is 1.96. The Hall–Kier alpha value is -1.30. The van der Waals surface area contributed by atoms with Crippen LogP contribution in [-0.4, -0.2) is 54.2 Å². The number of rotatable bonds is 10. The topological polar surface area (TPSA) is 81.7 Å². The van der Waals surface area contributed by atoms with Crippen LogP contribution in [0.25, 0.3) is 0 Å². The predicted molar refractivity (Wildman–Crippen MR) is 75.3 cm³/mol. The van der Waals surface area contributed by atoms with E-state index in [4.69, 9.17) is 5.11 Å². The smallest absolute Gasteiger partial charge is 0.326 e. The highest BCUT2D eigenvalue weighted by molar-refractivity contribution is 5.82. The lowest BCUT2D eigenvalue weighted by atomic mass is 10.2. The van der Waals surface area contributed by atoms with E-state index in [-0.39, 0.29) is 0 Å². The van der Waals surface area contributed by atoms with Crippen LogP contribution >= 0.6 is 0 Å².